The summed E-state index contributed by atoms with van der Waals surface area (Å²) in [6.07, 6.45) is 0. The summed E-state index contributed by atoms with van der Waals surface area (Å²) in [7, 11) is 0. The molecule has 15 heavy (non-hydrogen) atoms. The number of rotatable bonds is 3. The van der Waals surface area contributed by atoms with E-state index in [0.717, 1.165) is 4.88 Å². The SMILES string of the molecule is Cc1ccc(CNC(=O)C(C)(C)C#N)s1. The van der Waals surface area contributed by atoms with Crippen LogP contribution in [0.1, 0.15) is 23.6 Å². The van der Waals surface area contributed by atoms with Crippen molar-refractivity contribution in [2.45, 2.75) is 27.3 Å². The molecule has 1 aromatic heterocycles. The quantitative estimate of drug-likeness (QED) is 0.852. The van der Waals surface area contributed by atoms with Crippen LogP contribution in [0.4, 0.5) is 0 Å². The van der Waals surface area contributed by atoms with Gasteiger partial charge < -0.3 is 5.32 Å². The number of amides is 1. The molecule has 1 amide bonds. The van der Waals surface area contributed by atoms with Gasteiger partial charge in [-0.15, -0.1) is 11.3 Å². The second kappa shape index (κ2) is 4.45. The van der Waals surface area contributed by atoms with E-state index in [9.17, 15) is 4.79 Å². The van der Waals surface area contributed by atoms with Crippen LogP contribution in [0.25, 0.3) is 0 Å². The molecule has 0 atom stereocenters. The molecule has 80 valence electrons. The Labute approximate surface area is 93.7 Å². The number of nitrogens with one attached hydrogen (secondary N) is 1. The molecule has 0 aliphatic heterocycles. The molecule has 0 bridgehead atoms. The van der Waals surface area contributed by atoms with Crippen LogP contribution in [-0.2, 0) is 11.3 Å². The van der Waals surface area contributed by atoms with Crippen molar-refractivity contribution in [3.05, 3.63) is 21.9 Å². The van der Waals surface area contributed by atoms with Crippen LogP contribution in [0.5, 0.6) is 0 Å². The zero-order chi connectivity index (χ0) is 11.5. The van der Waals surface area contributed by atoms with Crippen LogP contribution in [0.3, 0.4) is 0 Å². The number of nitriles is 1. The fraction of sp³-hybridized carbons (Fsp3) is 0.455. The molecule has 0 saturated heterocycles. The molecule has 0 unspecified atom stereocenters. The third-order valence-corrected chi connectivity index (χ3v) is 3.07. The number of aryl methyl sites for hydroxylation is 1. The first-order chi connectivity index (χ1) is 6.95. The van der Waals surface area contributed by atoms with Crippen LogP contribution in [0.15, 0.2) is 12.1 Å². The van der Waals surface area contributed by atoms with Gasteiger partial charge in [-0.25, -0.2) is 0 Å². The molecule has 4 heteroatoms. The first-order valence-electron chi connectivity index (χ1n) is 4.70. The first kappa shape index (κ1) is 11.7. The standard InChI is InChI=1S/C11H14N2OS/c1-8-4-5-9(15-8)6-13-10(14)11(2,3)7-12/h4-5H,6H2,1-3H3,(H,13,14). The van der Waals surface area contributed by atoms with Gasteiger partial charge in [0, 0.05) is 9.75 Å². The molecule has 0 fully saturated rings. The van der Waals surface area contributed by atoms with Crippen molar-refractivity contribution in [1.29, 1.82) is 5.26 Å². The minimum atomic E-state index is -0.952. The Balaban J connectivity index is 2.52. The number of thiophene rings is 1. The molecule has 3 nitrogen and oxygen atoms in total. The van der Waals surface area contributed by atoms with Gasteiger partial charge in [-0.05, 0) is 32.9 Å². The molecule has 0 aromatic carbocycles. The van der Waals surface area contributed by atoms with E-state index in [1.54, 1.807) is 25.2 Å². The summed E-state index contributed by atoms with van der Waals surface area (Å²) in [5.74, 6) is -0.226. The molecule has 1 heterocycles. The van der Waals surface area contributed by atoms with Crippen molar-refractivity contribution < 1.29 is 4.79 Å². The minimum absolute atomic E-state index is 0.226. The molecular weight excluding hydrogens is 208 g/mol. The summed E-state index contributed by atoms with van der Waals surface area (Å²) in [4.78, 5) is 13.9. The zero-order valence-electron chi connectivity index (χ0n) is 9.13. The lowest BCUT2D eigenvalue weighted by molar-refractivity contribution is -0.126. The second-order valence-corrected chi connectivity index (χ2v) is 5.30. The van der Waals surface area contributed by atoms with Gasteiger partial charge in [0.15, 0.2) is 0 Å². The molecule has 1 N–H and O–H groups in total. The lowest BCUT2D eigenvalue weighted by Crippen LogP contribution is -2.35. The predicted octanol–water partition coefficient (Wildman–Crippen LogP) is 2.22. The molecule has 1 rings (SSSR count). The van der Waals surface area contributed by atoms with E-state index in [0.29, 0.717) is 6.54 Å². The highest BCUT2D eigenvalue weighted by atomic mass is 32.1. The van der Waals surface area contributed by atoms with E-state index >= 15 is 0 Å². The van der Waals surface area contributed by atoms with Gasteiger partial charge in [0.05, 0.1) is 12.6 Å². The Morgan fingerprint density at radius 2 is 2.27 bits per heavy atom. The van der Waals surface area contributed by atoms with Crippen molar-refractivity contribution in [3.63, 3.8) is 0 Å². The van der Waals surface area contributed by atoms with Gasteiger partial charge >= 0.3 is 0 Å². The van der Waals surface area contributed by atoms with Crippen LogP contribution >= 0.6 is 11.3 Å². The molecule has 0 saturated carbocycles. The van der Waals surface area contributed by atoms with Gasteiger partial charge in [0.25, 0.3) is 0 Å². The fourth-order valence-corrected chi connectivity index (χ4v) is 1.85. The normalized spacial score (nSPS) is 10.8. The predicted molar refractivity (Wildman–Crippen MR) is 60.3 cm³/mol. The average molecular weight is 222 g/mol. The third-order valence-electron chi connectivity index (χ3n) is 2.07. The number of hydrogen-bond acceptors (Lipinski definition) is 3. The molecule has 1 aromatic rings. The maximum atomic E-state index is 11.5. The van der Waals surface area contributed by atoms with E-state index in [1.165, 1.54) is 4.88 Å². The van der Waals surface area contributed by atoms with E-state index < -0.39 is 5.41 Å². The van der Waals surface area contributed by atoms with Crippen molar-refractivity contribution in [2.24, 2.45) is 5.41 Å². The fourth-order valence-electron chi connectivity index (χ4n) is 1.02. The van der Waals surface area contributed by atoms with Crippen LogP contribution < -0.4 is 5.32 Å². The van der Waals surface area contributed by atoms with Crippen molar-refractivity contribution in [1.82, 2.24) is 5.32 Å². The monoisotopic (exact) mass is 222 g/mol. The number of nitrogens with zero attached hydrogens (tertiary/aromatic N) is 1. The van der Waals surface area contributed by atoms with E-state index in [1.807, 2.05) is 25.1 Å². The summed E-state index contributed by atoms with van der Waals surface area (Å²) in [5.41, 5.74) is -0.952. The van der Waals surface area contributed by atoms with Gasteiger partial charge in [-0.2, -0.15) is 5.26 Å². The van der Waals surface area contributed by atoms with E-state index in [4.69, 9.17) is 5.26 Å². The Bertz CT molecular complexity index is 401. The van der Waals surface area contributed by atoms with Gasteiger partial charge in [0.2, 0.25) is 5.91 Å². The van der Waals surface area contributed by atoms with Crippen molar-refractivity contribution >= 4 is 17.2 Å². The molecule has 0 radical (unpaired) electrons. The molecular formula is C11H14N2OS. The van der Waals surface area contributed by atoms with Crippen molar-refractivity contribution in [2.75, 3.05) is 0 Å². The largest absolute Gasteiger partial charge is 0.350 e. The number of carbonyl (C=O) groups is 1. The summed E-state index contributed by atoms with van der Waals surface area (Å²) >= 11 is 1.65. The smallest absolute Gasteiger partial charge is 0.240 e. The van der Waals surface area contributed by atoms with Gasteiger partial charge in [-0.1, -0.05) is 0 Å². The Morgan fingerprint density at radius 3 is 2.73 bits per heavy atom. The van der Waals surface area contributed by atoms with Crippen LogP contribution in [0, 0.1) is 23.7 Å². The summed E-state index contributed by atoms with van der Waals surface area (Å²) in [6, 6.07) is 5.98. The van der Waals surface area contributed by atoms with E-state index in [-0.39, 0.29) is 5.91 Å². The highest BCUT2D eigenvalue weighted by molar-refractivity contribution is 7.11. The van der Waals surface area contributed by atoms with E-state index in [2.05, 4.69) is 5.32 Å². The maximum absolute atomic E-state index is 11.5. The lowest BCUT2D eigenvalue weighted by Gasteiger charge is -2.14. The highest BCUT2D eigenvalue weighted by Gasteiger charge is 2.26. The highest BCUT2D eigenvalue weighted by Crippen LogP contribution is 2.16. The van der Waals surface area contributed by atoms with Crippen molar-refractivity contribution in [3.8, 4) is 6.07 Å². The average Bonchev–Trinajstić information content (AvgIpc) is 2.60. The van der Waals surface area contributed by atoms with Crippen LogP contribution in [-0.4, -0.2) is 5.91 Å². The minimum Gasteiger partial charge on any atom is -0.350 e. The molecule has 0 aliphatic carbocycles. The van der Waals surface area contributed by atoms with Crippen LogP contribution in [0.2, 0.25) is 0 Å². The maximum Gasteiger partial charge on any atom is 0.240 e. The lowest BCUT2D eigenvalue weighted by atomic mass is 9.95. The summed E-state index contributed by atoms with van der Waals surface area (Å²) in [6.45, 7) is 5.75. The third kappa shape index (κ3) is 3.07. The second-order valence-electron chi connectivity index (χ2n) is 3.93. The molecule has 0 spiro atoms. The Hall–Kier alpha value is -1.34. The first-order valence-corrected chi connectivity index (χ1v) is 5.52. The Kier molecular flexibility index (Phi) is 3.48. The van der Waals surface area contributed by atoms with Gasteiger partial charge in [0.1, 0.15) is 5.41 Å². The number of hydrogen-bond donors (Lipinski definition) is 1. The topological polar surface area (TPSA) is 52.9 Å². The summed E-state index contributed by atoms with van der Waals surface area (Å²) < 4.78 is 0. The van der Waals surface area contributed by atoms with Gasteiger partial charge in [-0.3, -0.25) is 4.79 Å². The zero-order valence-corrected chi connectivity index (χ0v) is 9.94. The number of carbonyl (C=O) groups excluding carboxylic acids is 1. The Morgan fingerprint density at radius 1 is 1.60 bits per heavy atom. The molecule has 0 aliphatic rings. The summed E-state index contributed by atoms with van der Waals surface area (Å²) in [5, 5.41) is 11.5.